The van der Waals surface area contributed by atoms with E-state index < -0.39 is 11.9 Å². The van der Waals surface area contributed by atoms with E-state index in [1.807, 2.05) is 43.4 Å². The summed E-state index contributed by atoms with van der Waals surface area (Å²) < 4.78 is 4.69. The minimum atomic E-state index is -0.692. The highest BCUT2D eigenvalue weighted by atomic mass is 16.2. The number of carbonyl (C=O) groups excluding carboxylic acids is 3. The predicted molar refractivity (Wildman–Crippen MR) is 192 cm³/mol. The fourth-order valence-electron chi connectivity index (χ4n) is 7.11. The average Bonchev–Trinajstić information content (AvgIpc) is 3.78. The van der Waals surface area contributed by atoms with Gasteiger partial charge in [-0.1, -0.05) is 18.2 Å². The molecule has 3 amide bonds. The predicted octanol–water partition coefficient (Wildman–Crippen LogP) is 2.36. The van der Waals surface area contributed by atoms with Crippen LogP contribution in [0.15, 0.2) is 59.5 Å². The van der Waals surface area contributed by atoms with Crippen LogP contribution in [0.25, 0.3) is 16.7 Å². The normalized spacial score (nSPS) is 18.7. The zero-order valence-electron chi connectivity index (χ0n) is 28.7. The van der Waals surface area contributed by atoms with E-state index in [4.69, 9.17) is 5.10 Å². The van der Waals surface area contributed by atoms with E-state index in [2.05, 4.69) is 48.2 Å². The highest BCUT2D eigenvalue weighted by molar-refractivity contribution is 6.00. The molecule has 2 aromatic carbocycles. The standard InChI is InChI=1S/C36H41N11O4/c1-37-26-18-31(42-47-30(19-38-33(26)47)35(50)40-24-7-8-24)39-25-5-3-4-22(16-25)20-44-12-14-45(15-13-44)21-23-6-9-27-29(17-23)43(2)36(51)46(27)28-10-11-32(48)41-34(28)49/h3-6,9,16-19,24,28,37H,7-8,10-15,20-21H2,1-2H3,(H,39,42)(H,40,50)(H,41,48,49). The molecule has 1 atom stereocenters. The number of imidazole rings is 2. The summed E-state index contributed by atoms with van der Waals surface area (Å²) in [5.74, 6) is -0.303. The molecule has 3 aromatic heterocycles. The van der Waals surface area contributed by atoms with Gasteiger partial charge in [-0.15, -0.1) is 5.10 Å². The van der Waals surface area contributed by atoms with Crippen molar-refractivity contribution in [3.63, 3.8) is 0 Å². The molecule has 15 heteroatoms. The minimum Gasteiger partial charge on any atom is -0.385 e. The molecule has 2 aliphatic heterocycles. The third kappa shape index (κ3) is 6.57. The van der Waals surface area contributed by atoms with E-state index in [1.165, 1.54) is 10.1 Å². The zero-order valence-corrected chi connectivity index (χ0v) is 28.7. The first-order valence-corrected chi connectivity index (χ1v) is 17.5. The summed E-state index contributed by atoms with van der Waals surface area (Å²) in [5, 5.41) is 16.7. The first kappa shape index (κ1) is 32.7. The first-order chi connectivity index (χ1) is 24.7. The SMILES string of the molecule is CNc1cc(Nc2cccc(CN3CCN(Cc4ccc5c(c4)n(C)c(=O)n5C4CCC(=O)NC4=O)CC3)c2)nn2c(C(=O)NC3CC3)cnc12. The van der Waals surface area contributed by atoms with Gasteiger partial charge in [0.1, 0.15) is 6.04 Å². The fourth-order valence-corrected chi connectivity index (χ4v) is 7.11. The van der Waals surface area contributed by atoms with Crippen molar-refractivity contribution in [2.75, 3.05) is 43.9 Å². The maximum absolute atomic E-state index is 13.2. The van der Waals surface area contributed by atoms with Crippen LogP contribution < -0.4 is 27.0 Å². The molecule has 2 saturated heterocycles. The van der Waals surface area contributed by atoms with Crippen LogP contribution in [-0.2, 0) is 29.7 Å². The van der Waals surface area contributed by atoms with Crippen LogP contribution in [0.1, 0.15) is 53.3 Å². The van der Waals surface area contributed by atoms with Gasteiger partial charge in [0.2, 0.25) is 11.8 Å². The monoisotopic (exact) mass is 691 g/mol. The van der Waals surface area contributed by atoms with Crippen molar-refractivity contribution in [3.05, 3.63) is 82.0 Å². The molecular weight excluding hydrogens is 650 g/mol. The molecule has 51 heavy (non-hydrogen) atoms. The molecular formula is C36H41N11O4. The second-order valence-electron chi connectivity index (χ2n) is 13.7. The third-order valence-corrected chi connectivity index (χ3v) is 10.0. The smallest absolute Gasteiger partial charge is 0.329 e. The van der Waals surface area contributed by atoms with Crippen molar-refractivity contribution >= 4 is 51.6 Å². The van der Waals surface area contributed by atoms with Crippen molar-refractivity contribution in [1.82, 2.24) is 44.2 Å². The molecule has 0 bridgehead atoms. The van der Waals surface area contributed by atoms with Gasteiger partial charge in [0.25, 0.3) is 5.91 Å². The Morgan fingerprint density at radius 3 is 2.37 bits per heavy atom. The number of hydrogen-bond donors (Lipinski definition) is 4. The number of piperidine rings is 1. The van der Waals surface area contributed by atoms with Gasteiger partial charge in [-0.05, 0) is 54.7 Å². The summed E-state index contributed by atoms with van der Waals surface area (Å²) in [7, 11) is 3.55. The number of carbonyl (C=O) groups is 3. The first-order valence-electron chi connectivity index (χ1n) is 17.5. The van der Waals surface area contributed by atoms with Crippen molar-refractivity contribution in [2.24, 2.45) is 7.05 Å². The summed E-state index contributed by atoms with van der Waals surface area (Å²) >= 11 is 0. The Balaban J connectivity index is 0.898. The third-order valence-electron chi connectivity index (χ3n) is 10.0. The Hall–Kier alpha value is -5.54. The Kier molecular flexibility index (Phi) is 8.52. The number of nitrogens with zero attached hydrogens (tertiary/aromatic N) is 7. The van der Waals surface area contributed by atoms with Crippen LogP contribution in [0.5, 0.6) is 0 Å². The largest absolute Gasteiger partial charge is 0.385 e. The lowest BCUT2D eigenvalue weighted by molar-refractivity contribution is -0.135. The van der Waals surface area contributed by atoms with E-state index in [-0.39, 0.29) is 30.0 Å². The Morgan fingerprint density at radius 1 is 0.922 bits per heavy atom. The maximum atomic E-state index is 13.2. The van der Waals surface area contributed by atoms with Crippen LogP contribution in [0.3, 0.4) is 0 Å². The number of aryl methyl sites for hydroxylation is 1. The number of amides is 3. The molecule has 15 nitrogen and oxygen atoms in total. The van der Waals surface area contributed by atoms with Gasteiger partial charge in [-0.25, -0.2) is 14.3 Å². The summed E-state index contributed by atoms with van der Waals surface area (Å²) in [4.78, 5) is 59.5. The molecule has 3 aliphatic rings. The van der Waals surface area contributed by atoms with Gasteiger partial charge in [0, 0.05) is 77.6 Å². The van der Waals surface area contributed by atoms with Crippen molar-refractivity contribution < 1.29 is 14.4 Å². The number of benzene rings is 2. The quantitative estimate of drug-likeness (QED) is 0.160. The Labute approximate surface area is 293 Å². The number of nitrogens with one attached hydrogen (secondary N) is 4. The van der Waals surface area contributed by atoms with Gasteiger partial charge in [0.05, 0.1) is 22.9 Å². The molecule has 0 radical (unpaired) electrons. The van der Waals surface area contributed by atoms with E-state index in [9.17, 15) is 19.2 Å². The molecule has 1 unspecified atom stereocenters. The van der Waals surface area contributed by atoms with Gasteiger partial charge in [-0.2, -0.15) is 0 Å². The van der Waals surface area contributed by atoms with Gasteiger partial charge in [-0.3, -0.25) is 38.6 Å². The van der Waals surface area contributed by atoms with Crippen molar-refractivity contribution in [3.8, 4) is 0 Å². The van der Waals surface area contributed by atoms with Crippen LogP contribution in [0, 0.1) is 0 Å². The number of fused-ring (bicyclic) bond motifs is 2. The van der Waals surface area contributed by atoms with Gasteiger partial charge < -0.3 is 16.0 Å². The number of rotatable bonds is 10. The lowest BCUT2D eigenvalue weighted by Crippen LogP contribution is -2.45. The van der Waals surface area contributed by atoms with Crippen LogP contribution in [0.2, 0.25) is 0 Å². The van der Waals surface area contributed by atoms with E-state index in [1.54, 1.807) is 22.3 Å². The number of piperazine rings is 1. The zero-order chi connectivity index (χ0) is 35.2. The summed E-state index contributed by atoms with van der Waals surface area (Å²) in [5.41, 5.74) is 6.16. The molecule has 1 saturated carbocycles. The second-order valence-corrected chi connectivity index (χ2v) is 13.7. The summed E-state index contributed by atoms with van der Waals surface area (Å²) in [6.07, 6.45) is 4.10. The highest BCUT2D eigenvalue weighted by Crippen LogP contribution is 2.26. The molecule has 1 aliphatic carbocycles. The molecule has 5 heterocycles. The lowest BCUT2D eigenvalue weighted by Gasteiger charge is -2.34. The summed E-state index contributed by atoms with van der Waals surface area (Å²) in [6.45, 7) is 5.22. The summed E-state index contributed by atoms with van der Waals surface area (Å²) in [6, 6.07) is 15.7. The Bertz CT molecular complexity index is 2230. The fraction of sp³-hybridized carbons (Fsp3) is 0.389. The van der Waals surface area contributed by atoms with Crippen LogP contribution >= 0.6 is 0 Å². The van der Waals surface area contributed by atoms with Crippen molar-refractivity contribution in [2.45, 2.75) is 50.9 Å². The molecule has 4 N–H and O–H groups in total. The van der Waals surface area contributed by atoms with E-state index >= 15 is 0 Å². The van der Waals surface area contributed by atoms with Crippen LogP contribution in [-0.4, -0.2) is 90.5 Å². The van der Waals surface area contributed by atoms with E-state index in [0.717, 1.165) is 74.6 Å². The van der Waals surface area contributed by atoms with E-state index in [0.29, 0.717) is 29.1 Å². The Morgan fingerprint density at radius 2 is 1.67 bits per heavy atom. The van der Waals surface area contributed by atoms with Crippen molar-refractivity contribution in [1.29, 1.82) is 0 Å². The molecule has 3 fully saturated rings. The topological polar surface area (TPSA) is 163 Å². The molecule has 5 aromatic rings. The second kappa shape index (κ2) is 13.3. The highest BCUT2D eigenvalue weighted by Gasteiger charge is 2.31. The van der Waals surface area contributed by atoms with Crippen LogP contribution in [0.4, 0.5) is 17.2 Å². The number of anilines is 3. The van der Waals surface area contributed by atoms with Gasteiger partial charge >= 0.3 is 5.69 Å². The molecule has 264 valence electrons. The number of imide groups is 1. The average molecular weight is 692 g/mol. The number of aromatic nitrogens is 5. The molecule has 8 rings (SSSR count). The van der Waals surface area contributed by atoms with Gasteiger partial charge in [0.15, 0.2) is 17.2 Å². The number of hydrogen-bond acceptors (Lipinski definition) is 10. The minimum absolute atomic E-state index is 0.173. The lowest BCUT2D eigenvalue weighted by atomic mass is 10.1. The maximum Gasteiger partial charge on any atom is 0.329 e. The molecule has 0 spiro atoms.